The van der Waals surface area contributed by atoms with Crippen LogP contribution in [0.25, 0.3) is 0 Å². The van der Waals surface area contributed by atoms with Crippen molar-refractivity contribution in [3.8, 4) is 0 Å². The zero-order valence-corrected chi connectivity index (χ0v) is 21.0. The van der Waals surface area contributed by atoms with Gasteiger partial charge in [-0.05, 0) is 81.1 Å². The zero-order valence-electron chi connectivity index (χ0n) is 19.5. The van der Waals surface area contributed by atoms with E-state index in [2.05, 4.69) is 17.1 Å². The van der Waals surface area contributed by atoms with Crippen molar-refractivity contribution in [2.24, 2.45) is 0 Å². The number of benzene rings is 2. The fraction of sp³-hybridized carbons (Fsp3) is 0.480. The van der Waals surface area contributed by atoms with Crippen LogP contribution in [0.2, 0.25) is 5.02 Å². The Bertz CT molecular complexity index is 1030. The van der Waals surface area contributed by atoms with Crippen molar-refractivity contribution < 1.29 is 13.2 Å². The maximum atomic E-state index is 13.4. The first-order chi connectivity index (χ1) is 15.8. The van der Waals surface area contributed by atoms with E-state index in [1.165, 1.54) is 43.5 Å². The van der Waals surface area contributed by atoms with Gasteiger partial charge in [0.1, 0.15) is 6.54 Å². The molecule has 3 rings (SSSR count). The van der Waals surface area contributed by atoms with Crippen LogP contribution in [-0.4, -0.2) is 51.4 Å². The van der Waals surface area contributed by atoms with E-state index in [-0.39, 0.29) is 17.3 Å². The molecule has 1 unspecified atom stereocenters. The lowest BCUT2D eigenvalue weighted by Crippen LogP contribution is -2.43. The number of piperidine rings is 1. The molecule has 1 heterocycles. The van der Waals surface area contributed by atoms with Crippen LogP contribution in [0.1, 0.15) is 44.6 Å². The van der Waals surface area contributed by atoms with Gasteiger partial charge < -0.3 is 10.2 Å². The van der Waals surface area contributed by atoms with Gasteiger partial charge in [-0.1, -0.05) is 37.1 Å². The molecule has 6 nitrogen and oxygen atoms in total. The van der Waals surface area contributed by atoms with Gasteiger partial charge in [-0.15, -0.1) is 0 Å². The van der Waals surface area contributed by atoms with Crippen LogP contribution in [0.4, 0.5) is 5.69 Å². The SMILES string of the molecule is CCC1CCCCN1CCCNC(=O)CN(c1cccc(C)c1)S(=O)(=O)c1ccc(Cl)cc1. The number of rotatable bonds is 10. The van der Waals surface area contributed by atoms with Gasteiger partial charge in [-0.25, -0.2) is 8.42 Å². The van der Waals surface area contributed by atoms with E-state index in [9.17, 15) is 13.2 Å². The van der Waals surface area contributed by atoms with Crippen molar-refractivity contribution in [2.75, 3.05) is 30.5 Å². The predicted molar refractivity (Wildman–Crippen MR) is 134 cm³/mol. The van der Waals surface area contributed by atoms with Crippen molar-refractivity contribution >= 4 is 33.2 Å². The second-order valence-corrected chi connectivity index (χ2v) is 10.9. The molecule has 0 saturated carbocycles. The van der Waals surface area contributed by atoms with Crippen molar-refractivity contribution in [3.63, 3.8) is 0 Å². The summed E-state index contributed by atoms with van der Waals surface area (Å²) in [4.78, 5) is 15.4. The first-order valence-electron chi connectivity index (χ1n) is 11.7. The van der Waals surface area contributed by atoms with Gasteiger partial charge >= 0.3 is 0 Å². The van der Waals surface area contributed by atoms with Gasteiger partial charge in [0, 0.05) is 24.2 Å². The number of sulfonamides is 1. The normalized spacial score (nSPS) is 17.0. The molecule has 1 atom stereocenters. The summed E-state index contributed by atoms with van der Waals surface area (Å²) in [5.41, 5.74) is 1.37. The van der Waals surface area contributed by atoms with Crippen molar-refractivity contribution in [1.82, 2.24) is 10.2 Å². The van der Waals surface area contributed by atoms with E-state index in [0.717, 1.165) is 35.8 Å². The molecule has 1 N–H and O–H groups in total. The Morgan fingerprint density at radius 3 is 2.64 bits per heavy atom. The molecular weight excluding hydrogens is 458 g/mol. The Morgan fingerprint density at radius 1 is 1.18 bits per heavy atom. The third-order valence-corrected chi connectivity index (χ3v) is 8.18. The lowest BCUT2D eigenvalue weighted by molar-refractivity contribution is -0.119. The van der Waals surface area contributed by atoms with Gasteiger partial charge in [-0.3, -0.25) is 9.10 Å². The minimum Gasteiger partial charge on any atom is -0.354 e. The number of carbonyl (C=O) groups is 1. The van der Waals surface area contributed by atoms with E-state index in [1.54, 1.807) is 18.2 Å². The topological polar surface area (TPSA) is 69.7 Å². The first-order valence-corrected chi connectivity index (χ1v) is 13.5. The Kier molecular flexibility index (Phi) is 9.18. The molecule has 1 saturated heterocycles. The molecule has 1 aliphatic heterocycles. The second kappa shape index (κ2) is 11.9. The molecule has 0 spiro atoms. The summed E-state index contributed by atoms with van der Waals surface area (Å²) in [6.45, 7) is 6.42. The Hall–Kier alpha value is -2.09. The van der Waals surface area contributed by atoms with E-state index >= 15 is 0 Å². The van der Waals surface area contributed by atoms with Crippen LogP contribution in [0.5, 0.6) is 0 Å². The van der Waals surface area contributed by atoms with Crippen molar-refractivity contribution in [1.29, 1.82) is 0 Å². The molecule has 8 heteroatoms. The zero-order chi connectivity index (χ0) is 23.8. The van der Waals surface area contributed by atoms with Crippen molar-refractivity contribution in [3.05, 3.63) is 59.1 Å². The second-order valence-electron chi connectivity index (χ2n) is 8.60. The summed E-state index contributed by atoms with van der Waals surface area (Å²) < 4.78 is 27.9. The number of carbonyl (C=O) groups excluding carboxylic acids is 1. The monoisotopic (exact) mass is 491 g/mol. The number of anilines is 1. The average Bonchev–Trinajstić information content (AvgIpc) is 2.80. The molecule has 180 valence electrons. The Labute approximate surface area is 203 Å². The number of likely N-dealkylation sites (tertiary alicyclic amines) is 1. The highest BCUT2D eigenvalue weighted by Crippen LogP contribution is 2.25. The van der Waals surface area contributed by atoms with Crippen LogP contribution in [-0.2, 0) is 14.8 Å². The summed E-state index contributed by atoms with van der Waals surface area (Å²) in [5, 5.41) is 3.36. The summed E-state index contributed by atoms with van der Waals surface area (Å²) in [7, 11) is -3.94. The first kappa shape index (κ1) is 25.5. The highest BCUT2D eigenvalue weighted by atomic mass is 35.5. The lowest BCUT2D eigenvalue weighted by atomic mass is 10.00. The molecule has 1 aliphatic rings. The number of aryl methyl sites for hydroxylation is 1. The molecule has 1 amide bonds. The highest BCUT2D eigenvalue weighted by Gasteiger charge is 2.27. The van der Waals surface area contributed by atoms with E-state index in [0.29, 0.717) is 23.3 Å². The predicted octanol–water partition coefficient (Wildman–Crippen LogP) is 4.61. The standard InChI is InChI=1S/C25H34ClN3O3S/c1-3-22-9-4-5-16-28(22)17-7-15-27-25(30)19-29(23-10-6-8-20(2)18-23)33(31,32)24-13-11-21(26)12-14-24/h6,8,10-14,18,22H,3-5,7,9,15-17,19H2,1-2H3,(H,27,30). The number of hydrogen-bond acceptors (Lipinski definition) is 4. The van der Waals surface area contributed by atoms with Gasteiger partial charge in [0.25, 0.3) is 10.0 Å². The van der Waals surface area contributed by atoms with Gasteiger partial charge in [0.2, 0.25) is 5.91 Å². The van der Waals surface area contributed by atoms with Crippen LogP contribution in [0.15, 0.2) is 53.4 Å². The molecule has 0 radical (unpaired) electrons. The lowest BCUT2D eigenvalue weighted by Gasteiger charge is -2.35. The molecule has 0 aliphatic carbocycles. The number of amides is 1. The van der Waals surface area contributed by atoms with Gasteiger partial charge in [-0.2, -0.15) is 0 Å². The maximum absolute atomic E-state index is 13.4. The summed E-state index contributed by atoms with van der Waals surface area (Å²) in [6.07, 6.45) is 5.77. The summed E-state index contributed by atoms with van der Waals surface area (Å²) >= 11 is 5.93. The minimum absolute atomic E-state index is 0.0944. The molecular formula is C25H34ClN3O3S. The third kappa shape index (κ3) is 6.95. The summed E-state index contributed by atoms with van der Waals surface area (Å²) in [6, 6.07) is 13.8. The van der Waals surface area contributed by atoms with E-state index < -0.39 is 10.0 Å². The van der Waals surface area contributed by atoms with E-state index in [1.807, 2.05) is 13.0 Å². The Balaban J connectivity index is 1.66. The van der Waals surface area contributed by atoms with Gasteiger partial charge in [0.05, 0.1) is 10.6 Å². The smallest absolute Gasteiger partial charge is 0.264 e. The molecule has 0 aromatic heterocycles. The maximum Gasteiger partial charge on any atom is 0.264 e. The largest absolute Gasteiger partial charge is 0.354 e. The molecule has 0 bridgehead atoms. The van der Waals surface area contributed by atoms with Gasteiger partial charge in [0.15, 0.2) is 0 Å². The average molecular weight is 492 g/mol. The molecule has 1 fully saturated rings. The van der Waals surface area contributed by atoms with Crippen LogP contribution in [0, 0.1) is 6.92 Å². The molecule has 2 aromatic rings. The number of nitrogens with zero attached hydrogens (tertiary/aromatic N) is 2. The number of halogens is 1. The number of hydrogen-bond donors (Lipinski definition) is 1. The van der Waals surface area contributed by atoms with Crippen LogP contribution in [0.3, 0.4) is 0 Å². The molecule has 33 heavy (non-hydrogen) atoms. The fourth-order valence-corrected chi connectivity index (χ4v) is 5.88. The molecule has 2 aromatic carbocycles. The number of nitrogens with one attached hydrogen (secondary N) is 1. The minimum atomic E-state index is -3.94. The highest BCUT2D eigenvalue weighted by molar-refractivity contribution is 7.92. The Morgan fingerprint density at radius 2 is 1.94 bits per heavy atom. The third-order valence-electron chi connectivity index (χ3n) is 6.14. The van der Waals surface area contributed by atoms with E-state index in [4.69, 9.17) is 11.6 Å². The van der Waals surface area contributed by atoms with Crippen molar-refractivity contribution in [2.45, 2.75) is 56.9 Å². The van der Waals surface area contributed by atoms with Crippen LogP contribution >= 0.6 is 11.6 Å². The summed E-state index contributed by atoms with van der Waals surface area (Å²) in [5.74, 6) is -0.320. The fourth-order valence-electron chi connectivity index (χ4n) is 4.34. The van der Waals surface area contributed by atoms with Crippen LogP contribution < -0.4 is 9.62 Å². The quantitative estimate of drug-likeness (QED) is 0.492.